The van der Waals surface area contributed by atoms with Gasteiger partial charge in [-0.05, 0) is 37.8 Å². The van der Waals surface area contributed by atoms with Crippen LogP contribution in [0.15, 0.2) is 23.5 Å². The van der Waals surface area contributed by atoms with Crippen molar-refractivity contribution in [2.45, 2.75) is 31.3 Å². The number of nitrogen functional groups attached to an aromatic ring is 1. The number of hydrogen-bond donors (Lipinski definition) is 1. The predicted molar refractivity (Wildman–Crippen MR) is 127 cm³/mol. The van der Waals surface area contributed by atoms with Gasteiger partial charge in [-0.1, -0.05) is 0 Å². The van der Waals surface area contributed by atoms with E-state index in [0.29, 0.717) is 24.6 Å². The summed E-state index contributed by atoms with van der Waals surface area (Å²) in [5.74, 6) is 0.0190. The molecule has 0 saturated carbocycles. The first-order valence-corrected chi connectivity index (χ1v) is 13.3. The Hall–Kier alpha value is -3.48. The summed E-state index contributed by atoms with van der Waals surface area (Å²) in [7, 11) is -3.73. The highest BCUT2D eigenvalue weighted by Gasteiger charge is 2.31. The summed E-state index contributed by atoms with van der Waals surface area (Å²) in [6, 6.07) is 3.63. The number of rotatable bonds is 6. The minimum Gasteiger partial charge on any atom is -0.475 e. The van der Waals surface area contributed by atoms with E-state index in [2.05, 4.69) is 19.9 Å². The molecule has 4 heterocycles. The largest absolute Gasteiger partial charge is 0.475 e. The van der Waals surface area contributed by atoms with Gasteiger partial charge in [-0.15, -0.1) is 0 Å². The number of piperidine rings is 1. The van der Waals surface area contributed by atoms with Gasteiger partial charge in [0.05, 0.1) is 25.0 Å². The lowest BCUT2D eigenvalue weighted by molar-refractivity contribution is -0.144. The number of anilines is 3. The van der Waals surface area contributed by atoms with Crippen LogP contribution < -0.4 is 20.3 Å². The standard InChI is InChI=1S/C22H28N6O6S/c1-3-33-17(29)12-14-6-8-27(9-7-14)16-5-4-15(13-24-16)28-10-11-34-20-18(21(28)30)19(23)25-22(26-20)35(2,31)32/h4-5,13-14H,3,6-12H2,1-2H3,(H2,23,25,26). The van der Waals surface area contributed by atoms with E-state index in [1.807, 2.05) is 6.07 Å². The maximum absolute atomic E-state index is 13.2. The van der Waals surface area contributed by atoms with Gasteiger partial charge in [0.25, 0.3) is 11.1 Å². The second kappa shape index (κ2) is 10.0. The molecule has 2 aliphatic rings. The van der Waals surface area contributed by atoms with Crippen LogP contribution in [0.3, 0.4) is 0 Å². The summed E-state index contributed by atoms with van der Waals surface area (Å²) in [5, 5.41) is -0.493. The number of carbonyl (C=O) groups excluding carboxylic acids is 2. The summed E-state index contributed by atoms with van der Waals surface area (Å²) in [5.41, 5.74) is 6.38. The zero-order valence-corrected chi connectivity index (χ0v) is 20.5. The Morgan fingerprint density at radius 3 is 2.60 bits per heavy atom. The smallest absolute Gasteiger partial charge is 0.306 e. The summed E-state index contributed by atoms with van der Waals surface area (Å²) < 4.78 is 34.2. The van der Waals surface area contributed by atoms with E-state index in [-0.39, 0.29) is 36.4 Å². The van der Waals surface area contributed by atoms with Gasteiger partial charge in [-0.25, -0.2) is 18.4 Å². The molecule has 2 aromatic rings. The molecule has 2 N–H and O–H groups in total. The number of amides is 1. The first kappa shape index (κ1) is 24.6. The van der Waals surface area contributed by atoms with Gasteiger partial charge in [0.1, 0.15) is 23.8 Å². The molecule has 35 heavy (non-hydrogen) atoms. The zero-order valence-electron chi connectivity index (χ0n) is 19.6. The molecule has 1 fully saturated rings. The van der Waals surface area contributed by atoms with E-state index >= 15 is 0 Å². The van der Waals surface area contributed by atoms with Crippen molar-refractivity contribution in [1.82, 2.24) is 15.0 Å². The number of fused-ring (bicyclic) bond motifs is 1. The number of pyridine rings is 1. The summed E-state index contributed by atoms with van der Waals surface area (Å²) in [6.07, 6.45) is 4.73. The molecule has 1 saturated heterocycles. The molecule has 0 aliphatic carbocycles. The summed E-state index contributed by atoms with van der Waals surface area (Å²) in [6.45, 7) is 4.04. The van der Waals surface area contributed by atoms with E-state index in [0.717, 1.165) is 38.0 Å². The zero-order chi connectivity index (χ0) is 25.2. The first-order chi connectivity index (χ1) is 16.7. The number of nitrogens with zero attached hydrogens (tertiary/aromatic N) is 5. The minimum absolute atomic E-state index is 0.0809. The van der Waals surface area contributed by atoms with Crippen LogP contribution in [0.5, 0.6) is 5.88 Å². The van der Waals surface area contributed by atoms with E-state index in [9.17, 15) is 18.0 Å². The van der Waals surface area contributed by atoms with Crippen LogP contribution >= 0.6 is 0 Å². The molecule has 13 heteroatoms. The summed E-state index contributed by atoms with van der Waals surface area (Å²) in [4.78, 5) is 40.8. The third kappa shape index (κ3) is 5.45. The van der Waals surface area contributed by atoms with Crippen molar-refractivity contribution in [2.24, 2.45) is 5.92 Å². The van der Waals surface area contributed by atoms with Crippen LogP contribution in [-0.4, -0.2) is 74.4 Å². The van der Waals surface area contributed by atoms with Crippen molar-refractivity contribution in [3.05, 3.63) is 23.9 Å². The molecule has 2 aromatic heterocycles. The summed E-state index contributed by atoms with van der Waals surface area (Å²) >= 11 is 0. The molecular formula is C22H28N6O6S. The Labute approximate surface area is 203 Å². The van der Waals surface area contributed by atoms with Gasteiger partial charge in [0.2, 0.25) is 15.7 Å². The predicted octanol–water partition coefficient (Wildman–Crippen LogP) is 1.07. The van der Waals surface area contributed by atoms with Gasteiger partial charge in [-0.2, -0.15) is 4.98 Å². The van der Waals surface area contributed by atoms with Crippen molar-refractivity contribution in [3.8, 4) is 5.88 Å². The number of sulfone groups is 1. The normalized spacial score (nSPS) is 16.9. The average molecular weight is 505 g/mol. The highest BCUT2D eigenvalue weighted by atomic mass is 32.2. The quantitative estimate of drug-likeness (QED) is 0.443. The van der Waals surface area contributed by atoms with Crippen LogP contribution in [-0.2, 0) is 19.4 Å². The third-order valence-corrected chi connectivity index (χ3v) is 6.82. The third-order valence-electron chi connectivity index (χ3n) is 5.97. The van der Waals surface area contributed by atoms with Gasteiger partial charge in [-0.3, -0.25) is 9.59 Å². The van der Waals surface area contributed by atoms with Gasteiger partial charge >= 0.3 is 5.97 Å². The fraction of sp³-hybridized carbons (Fsp3) is 0.500. The monoisotopic (exact) mass is 504 g/mol. The Bertz CT molecular complexity index is 1210. The number of nitrogens with two attached hydrogens (primary N) is 1. The van der Waals surface area contributed by atoms with Crippen LogP contribution in [0.1, 0.15) is 36.5 Å². The topological polar surface area (TPSA) is 158 Å². The minimum atomic E-state index is -3.73. The fourth-order valence-corrected chi connectivity index (χ4v) is 4.68. The molecule has 12 nitrogen and oxygen atoms in total. The van der Waals surface area contributed by atoms with Crippen LogP contribution in [0.25, 0.3) is 0 Å². The first-order valence-electron chi connectivity index (χ1n) is 11.4. The van der Waals surface area contributed by atoms with Crippen LogP contribution in [0.2, 0.25) is 0 Å². The fourth-order valence-electron chi connectivity index (χ4n) is 4.17. The highest BCUT2D eigenvalue weighted by molar-refractivity contribution is 7.90. The average Bonchev–Trinajstić information content (AvgIpc) is 2.98. The molecule has 0 unspecified atom stereocenters. The molecule has 1 amide bonds. The molecule has 4 rings (SSSR count). The Kier molecular flexibility index (Phi) is 7.05. The Balaban J connectivity index is 1.46. The van der Waals surface area contributed by atoms with Crippen molar-refractivity contribution in [3.63, 3.8) is 0 Å². The van der Waals surface area contributed by atoms with Gasteiger partial charge < -0.3 is 25.0 Å². The molecule has 188 valence electrons. The van der Waals surface area contributed by atoms with Crippen LogP contribution in [0, 0.1) is 5.92 Å². The Morgan fingerprint density at radius 1 is 1.23 bits per heavy atom. The number of esters is 1. The molecule has 0 radical (unpaired) electrons. The molecule has 2 aliphatic heterocycles. The SMILES string of the molecule is CCOC(=O)CC1CCN(c2ccc(N3CCOc4nc(S(C)(=O)=O)nc(N)c4C3=O)cn2)CC1. The molecular weight excluding hydrogens is 476 g/mol. The van der Waals surface area contributed by atoms with Crippen LogP contribution in [0.4, 0.5) is 17.3 Å². The van der Waals surface area contributed by atoms with E-state index in [4.69, 9.17) is 15.2 Å². The van der Waals surface area contributed by atoms with Gasteiger partial charge in [0.15, 0.2) is 0 Å². The van der Waals surface area contributed by atoms with Crippen molar-refractivity contribution in [2.75, 3.05) is 54.6 Å². The molecule has 0 aromatic carbocycles. The maximum Gasteiger partial charge on any atom is 0.306 e. The lowest BCUT2D eigenvalue weighted by Gasteiger charge is -2.32. The molecule has 0 spiro atoms. The lowest BCUT2D eigenvalue weighted by Crippen LogP contribution is -2.35. The Morgan fingerprint density at radius 2 is 1.97 bits per heavy atom. The van der Waals surface area contributed by atoms with E-state index in [1.165, 1.54) is 4.90 Å². The lowest BCUT2D eigenvalue weighted by atomic mass is 9.93. The van der Waals surface area contributed by atoms with Crippen molar-refractivity contribution in [1.29, 1.82) is 0 Å². The van der Waals surface area contributed by atoms with Crippen molar-refractivity contribution >= 4 is 39.0 Å². The highest BCUT2D eigenvalue weighted by Crippen LogP contribution is 2.30. The van der Waals surface area contributed by atoms with E-state index in [1.54, 1.807) is 19.2 Å². The maximum atomic E-state index is 13.2. The number of ether oxygens (including phenoxy) is 2. The second-order valence-electron chi connectivity index (χ2n) is 8.46. The van der Waals surface area contributed by atoms with Gasteiger partial charge in [0, 0.05) is 25.8 Å². The second-order valence-corrected chi connectivity index (χ2v) is 10.4. The molecule has 0 bridgehead atoms. The van der Waals surface area contributed by atoms with Crippen molar-refractivity contribution < 1.29 is 27.5 Å². The number of aromatic nitrogens is 3. The molecule has 0 atom stereocenters. The number of carbonyl (C=O) groups is 2. The van der Waals surface area contributed by atoms with E-state index < -0.39 is 20.9 Å². The number of hydrogen-bond acceptors (Lipinski definition) is 11.